The molecule has 1 aromatic carbocycles. The molecule has 0 aliphatic carbocycles. The summed E-state index contributed by atoms with van der Waals surface area (Å²) in [5.74, 6) is 0.575. The zero-order chi connectivity index (χ0) is 18.7. The van der Waals surface area contributed by atoms with Gasteiger partial charge in [-0.15, -0.1) is 0 Å². The van der Waals surface area contributed by atoms with Gasteiger partial charge in [-0.25, -0.2) is 13.4 Å². The number of hydrogen-bond donors (Lipinski definition) is 0. The third-order valence-corrected chi connectivity index (χ3v) is 6.04. The highest BCUT2D eigenvalue weighted by Gasteiger charge is 2.29. The number of rotatable bonds is 4. The van der Waals surface area contributed by atoms with Gasteiger partial charge in [-0.1, -0.05) is 0 Å². The first kappa shape index (κ1) is 17.8. The van der Waals surface area contributed by atoms with Gasteiger partial charge in [0.2, 0.25) is 10.0 Å². The van der Waals surface area contributed by atoms with Crippen LogP contribution in [-0.2, 0) is 10.0 Å². The van der Waals surface area contributed by atoms with Gasteiger partial charge in [0.05, 0.1) is 21.5 Å². The second-order valence-corrected chi connectivity index (χ2v) is 7.60. The van der Waals surface area contributed by atoms with E-state index in [1.54, 1.807) is 6.07 Å². The SMILES string of the molecule is N#Cc1ccc(S(=O)(=O)N2CCN(c3ccc([N+](=O)[O-])cn3)CC2)cc1. The van der Waals surface area contributed by atoms with E-state index in [1.165, 1.54) is 40.8 Å². The molecule has 1 fully saturated rings. The fraction of sp³-hybridized carbons (Fsp3) is 0.250. The summed E-state index contributed by atoms with van der Waals surface area (Å²) >= 11 is 0. The Kier molecular flexibility index (Phi) is 4.83. The largest absolute Gasteiger partial charge is 0.354 e. The highest BCUT2D eigenvalue weighted by Crippen LogP contribution is 2.21. The molecule has 0 radical (unpaired) electrons. The van der Waals surface area contributed by atoms with Crippen LogP contribution in [0, 0.1) is 21.4 Å². The minimum Gasteiger partial charge on any atom is -0.354 e. The summed E-state index contributed by atoms with van der Waals surface area (Å²) in [6.07, 6.45) is 1.19. The van der Waals surface area contributed by atoms with Gasteiger partial charge >= 0.3 is 0 Å². The summed E-state index contributed by atoms with van der Waals surface area (Å²) in [7, 11) is -3.62. The molecule has 1 aliphatic heterocycles. The van der Waals surface area contributed by atoms with Gasteiger partial charge in [0.15, 0.2) is 0 Å². The van der Waals surface area contributed by atoms with Crippen molar-refractivity contribution in [2.45, 2.75) is 4.90 Å². The Morgan fingerprint density at radius 1 is 1.08 bits per heavy atom. The van der Waals surface area contributed by atoms with Crippen LogP contribution < -0.4 is 4.90 Å². The van der Waals surface area contributed by atoms with E-state index >= 15 is 0 Å². The summed E-state index contributed by atoms with van der Waals surface area (Å²) in [6.45, 7) is 1.42. The van der Waals surface area contributed by atoms with Crippen LogP contribution in [0.2, 0.25) is 0 Å². The lowest BCUT2D eigenvalue weighted by molar-refractivity contribution is -0.385. The molecule has 26 heavy (non-hydrogen) atoms. The summed E-state index contributed by atoms with van der Waals surface area (Å²) in [4.78, 5) is 16.3. The van der Waals surface area contributed by atoms with Crippen LogP contribution in [0.25, 0.3) is 0 Å². The molecule has 1 aromatic heterocycles. The predicted molar refractivity (Wildman–Crippen MR) is 93.0 cm³/mol. The Balaban J connectivity index is 1.69. The van der Waals surface area contributed by atoms with E-state index < -0.39 is 14.9 Å². The van der Waals surface area contributed by atoms with Gasteiger partial charge in [-0.3, -0.25) is 10.1 Å². The normalized spacial score (nSPS) is 15.4. The van der Waals surface area contributed by atoms with Crippen molar-refractivity contribution in [2.75, 3.05) is 31.1 Å². The lowest BCUT2D eigenvalue weighted by Crippen LogP contribution is -2.48. The van der Waals surface area contributed by atoms with Gasteiger partial charge in [0, 0.05) is 32.2 Å². The van der Waals surface area contributed by atoms with Crippen LogP contribution in [-0.4, -0.2) is 48.8 Å². The maximum atomic E-state index is 12.7. The molecular formula is C16H15N5O4S. The molecule has 0 N–H and O–H groups in total. The second-order valence-electron chi connectivity index (χ2n) is 5.66. The molecule has 0 unspecified atom stereocenters. The van der Waals surface area contributed by atoms with Crippen molar-refractivity contribution in [3.63, 3.8) is 0 Å². The number of nitriles is 1. The Bertz CT molecular complexity index is 944. The summed E-state index contributed by atoms with van der Waals surface area (Å²) in [5, 5.41) is 19.5. The predicted octanol–water partition coefficient (Wildman–Crippen LogP) is 1.37. The molecule has 9 nitrogen and oxygen atoms in total. The molecule has 1 aliphatic rings. The fourth-order valence-corrected chi connectivity index (χ4v) is 4.10. The van der Waals surface area contributed by atoms with Crippen molar-refractivity contribution in [1.82, 2.24) is 9.29 Å². The van der Waals surface area contributed by atoms with Gasteiger partial charge in [-0.2, -0.15) is 9.57 Å². The van der Waals surface area contributed by atoms with Crippen LogP contribution in [0.3, 0.4) is 0 Å². The van der Waals surface area contributed by atoms with E-state index in [-0.39, 0.29) is 23.7 Å². The van der Waals surface area contributed by atoms with Gasteiger partial charge in [0.25, 0.3) is 5.69 Å². The Morgan fingerprint density at radius 2 is 1.73 bits per heavy atom. The lowest BCUT2D eigenvalue weighted by Gasteiger charge is -2.34. The van der Waals surface area contributed by atoms with Crippen molar-refractivity contribution in [3.8, 4) is 6.07 Å². The topological polar surface area (TPSA) is 120 Å². The van der Waals surface area contributed by atoms with E-state index in [0.29, 0.717) is 24.5 Å². The third kappa shape index (κ3) is 3.49. The Hall–Kier alpha value is -3.03. The van der Waals surface area contributed by atoms with Crippen LogP contribution in [0.5, 0.6) is 0 Å². The highest BCUT2D eigenvalue weighted by molar-refractivity contribution is 7.89. The average molecular weight is 373 g/mol. The van der Waals surface area contributed by atoms with E-state index in [2.05, 4.69) is 4.98 Å². The highest BCUT2D eigenvalue weighted by atomic mass is 32.2. The number of nitro groups is 1. The molecule has 10 heteroatoms. The number of aromatic nitrogens is 1. The smallest absolute Gasteiger partial charge is 0.287 e. The number of anilines is 1. The zero-order valence-corrected chi connectivity index (χ0v) is 14.5. The molecule has 2 heterocycles. The minimum absolute atomic E-state index is 0.0872. The minimum atomic E-state index is -3.62. The molecule has 0 bridgehead atoms. The van der Waals surface area contributed by atoms with Gasteiger partial charge in [0.1, 0.15) is 12.0 Å². The van der Waals surface area contributed by atoms with Crippen molar-refractivity contribution in [3.05, 3.63) is 58.3 Å². The molecule has 0 amide bonds. The number of piperazine rings is 1. The van der Waals surface area contributed by atoms with E-state index in [9.17, 15) is 18.5 Å². The number of hydrogen-bond acceptors (Lipinski definition) is 7. The van der Waals surface area contributed by atoms with E-state index in [0.717, 1.165) is 0 Å². The molecule has 2 aromatic rings. The monoisotopic (exact) mass is 373 g/mol. The standard InChI is InChI=1S/C16H15N5O4S/c17-11-13-1-4-15(5-2-13)26(24,25)20-9-7-19(8-10-20)16-6-3-14(12-18-16)21(22)23/h1-6,12H,7-10H2. The molecule has 0 spiro atoms. The van der Waals surface area contributed by atoms with Crippen molar-refractivity contribution in [2.24, 2.45) is 0 Å². The van der Waals surface area contributed by atoms with E-state index in [1.807, 2.05) is 11.0 Å². The fourth-order valence-electron chi connectivity index (χ4n) is 2.68. The molecule has 0 saturated carbocycles. The van der Waals surface area contributed by atoms with E-state index in [4.69, 9.17) is 5.26 Å². The molecule has 1 saturated heterocycles. The van der Waals surface area contributed by atoms with Crippen LogP contribution in [0.4, 0.5) is 11.5 Å². The van der Waals surface area contributed by atoms with Crippen molar-refractivity contribution in [1.29, 1.82) is 5.26 Å². The summed E-state index contributed by atoms with van der Waals surface area (Å²) in [5.41, 5.74) is 0.314. The first-order valence-electron chi connectivity index (χ1n) is 7.77. The van der Waals surface area contributed by atoms with Crippen LogP contribution >= 0.6 is 0 Å². The molecular weight excluding hydrogens is 358 g/mol. The number of sulfonamides is 1. The van der Waals surface area contributed by atoms with Crippen LogP contribution in [0.15, 0.2) is 47.5 Å². The van der Waals surface area contributed by atoms with Gasteiger partial charge < -0.3 is 4.90 Å². The maximum Gasteiger partial charge on any atom is 0.287 e. The summed E-state index contributed by atoms with van der Waals surface area (Å²) in [6, 6.07) is 10.7. The van der Waals surface area contributed by atoms with Crippen LogP contribution in [0.1, 0.15) is 5.56 Å². The Morgan fingerprint density at radius 3 is 2.23 bits per heavy atom. The average Bonchev–Trinajstić information content (AvgIpc) is 2.68. The number of pyridine rings is 1. The molecule has 134 valence electrons. The number of nitrogens with zero attached hydrogens (tertiary/aromatic N) is 5. The Labute approximate surface area is 150 Å². The van der Waals surface area contributed by atoms with Gasteiger partial charge in [-0.05, 0) is 30.3 Å². The first-order chi connectivity index (χ1) is 12.4. The molecule has 0 atom stereocenters. The maximum absolute atomic E-state index is 12.7. The molecule has 3 rings (SSSR count). The third-order valence-electron chi connectivity index (χ3n) is 4.13. The lowest BCUT2D eigenvalue weighted by atomic mass is 10.2. The van der Waals surface area contributed by atoms with Crippen molar-refractivity contribution < 1.29 is 13.3 Å². The zero-order valence-electron chi connectivity index (χ0n) is 13.6. The quantitative estimate of drug-likeness (QED) is 0.586. The van der Waals surface area contributed by atoms with Crippen molar-refractivity contribution >= 4 is 21.5 Å². The number of benzene rings is 1. The summed E-state index contributed by atoms with van der Waals surface area (Å²) < 4.78 is 26.8. The second kappa shape index (κ2) is 7.07. The first-order valence-corrected chi connectivity index (χ1v) is 9.21.